The second kappa shape index (κ2) is 25.3. The van der Waals surface area contributed by atoms with E-state index in [2.05, 4.69) is 64.2 Å². The summed E-state index contributed by atoms with van der Waals surface area (Å²) in [6.07, 6.45) is 4.80. The topological polar surface area (TPSA) is 263 Å². The van der Waals surface area contributed by atoms with Crippen molar-refractivity contribution in [1.82, 2.24) is 45.1 Å². The van der Waals surface area contributed by atoms with Crippen LogP contribution < -0.4 is 20.9 Å². The van der Waals surface area contributed by atoms with Crippen molar-refractivity contribution < 1.29 is 38.6 Å². The second-order valence-electron chi connectivity index (χ2n) is 20.6. The molecule has 1 aromatic carbocycles. The van der Waals surface area contributed by atoms with Crippen LogP contribution in [-0.2, 0) is 30.3 Å². The van der Waals surface area contributed by atoms with E-state index in [1.165, 1.54) is 24.6 Å². The minimum atomic E-state index is -1.26. The van der Waals surface area contributed by atoms with Gasteiger partial charge in [-0.1, -0.05) is 61.6 Å². The van der Waals surface area contributed by atoms with E-state index < -0.39 is 17.9 Å². The molecule has 2 atom stereocenters. The molecule has 1 saturated heterocycles. The molecular formula is C60H67ClN12O8S. The fraction of sp³-hybridized carbons (Fsp3) is 0.367. The van der Waals surface area contributed by atoms with Gasteiger partial charge in [0.1, 0.15) is 34.5 Å². The van der Waals surface area contributed by atoms with Gasteiger partial charge in [-0.05, 0) is 106 Å². The van der Waals surface area contributed by atoms with E-state index in [4.69, 9.17) is 31.0 Å². The lowest BCUT2D eigenvalue weighted by atomic mass is 9.85. The zero-order valence-electron chi connectivity index (χ0n) is 47.3. The number of esters is 2. The van der Waals surface area contributed by atoms with E-state index in [-0.39, 0.29) is 78.6 Å². The average Bonchev–Trinajstić information content (AvgIpc) is 4.32. The lowest BCUT2D eigenvalue weighted by Gasteiger charge is -2.35. The van der Waals surface area contributed by atoms with E-state index in [9.17, 15) is 29.1 Å². The standard InChI is InChI=1S/C60H67ClN12O8S/c1-10-37-32(4)41-26-43-34(6)39(55(68-43)53(59(79)80-9)56-52(58(77)78)35(7)44(69-56)28-46-38(11-2)33(5)42(67-46)27-45(37)66-41)17-18-50(74)62-19-13-16-51(75)81-25-24-72-20-22-73(23-21-72)49-29-48(64-36(8)65-49)70-60-63-30-47(82-60)57(76)71-54-31(3)14-12-15-40(54)61/h10,12,14-15,26-30,34,39,66-67H,1,11,13,16-25H2,2-9H3,(H,62,74)(H,71,76)(H,77,78)(H,63,64,65,70)/t34-,39-/m0/s1. The van der Waals surface area contributed by atoms with Gasteiger partial charge in [-0.3, -0.25) is 24.3 Å². The number of aromatic amines is 2. The third-order valence-electron chi connectivity index (χ3n) is 15.4. The van der Waals surface area contributed by atoms with Crippen LogP contribution in [0.1, 0.15) is 135 Å². The average molecular weight is 1150 g/mol. The number of para-hydroxylation sites is 1. The molecule has 0 aliphatic carbocycles. The van der Waals surface area contributed by atoms with Gasteiger partial charge < -0.3 is 45.4 Å². The van der Waals surface area contributed by atoms with Gasteiger partial charge in [0.2, 0.25) is 5.91 Å². The van der Waals surface area contributed by atoms with Crippen LogP contribution in [0, 0.1) is 27.7 Å². The van der Waals surface area contributed by atoms with Gasteiger partial charge in [0.25, 0.3) is 5.91 Å². The monoisotopic (exact) mass is 1150 g/mol. The number of amides is 2. The van der Waals surface area contributed by atoms with Crippen molar-refractivity contribution in [3.8, 4) is 0 Å². The zero-order valence-corrected chi connectivity index (χ0v) is 48.8. The Kier molecular flexibility index (Phi) is 18.0. The second-order valence-corrected chi connectivity index (χ2v) is 22.1. The first kappa shape index (κ1) is 58.4. The van der Waals surface area contributed by atoms with Crippen LogP contribution in [0.25, 0.3) is 39.3 Å². The fourth-order valence-electron chi connectivity index (χ4n) is 10.8. The number of fused-ring (bicyclic) bond motifs is 8. The largest absolute Gasteiger partial charge is 0.478 e. The molecule has 82 heavy (non-hydrogen) atoms. The summed E-state index contributed by atoms with van der Waals surface area (Å²) in [6.45, 7) is 21.4. The first-order valence-electron chi connectivity index (χ1n) is 27.3. The maximum atomic E-state index is 14.0. The smallest absolute Gasteiger partial charge is 0.341 e. The number of aliphatic carboxylic acids is 1. The third kappa shape index (κ3) is 12.6. The Morgan fingerprint density at radius 1 is 0.927 bits per heavy atom. The quantitative estimate of drug-likeness (QED) is 0.0325. The molecule has 9 rings (SSSR count). The predicted molar refractivity (Wildman–Crippen MR) is 320 cm³/mol. The Labute approximate surface area is 483 Å². The summed E-state index contributed by atoms with van der Waals surface area (Å²) in [5, 5.41) is 20.7. The summed E-state index contributed by atoms with van der Waals surface area (Å²) in [5.41, 5.74) is 10.0. The molecule has 6 N–H and O–H groups in total. The number of thiazole rings is 1. The summed E-state index contributed by atoms with van der Waals surface area (Å²) in [5.74, 6) is -1.94. The highest BCUT2D eigenvalue weighted by Gasteiger charge is 2.38. The summed E-state index contributed by atoms with van der Waals surface area (Å²) >= 11 is 7.52. The van der Waals surface area contributed by atoms with Gasteiger partial charge in [-0.25, -0.2) is 29.5 Å². The maximum absolute atomic E-state index is 14.0. The molecule has 1 fully saturated rings. The van der Waals surface area contributed by atoms with Crippen LogP contribution >= 0.6 is 22.9 Å². The number of carboxylic acid groups (broad SMARTS) is 1. The molecule has 428 valence electrons. The van der Waals surface area contributed by atoms with Crippen molar-refractivity contribution in [1.29, 1.82) is 0 Å². The molecule has 20 nitrogen and oxygen atoms in total. The number of carbonyl (C=O) groups excluding carboxylic acids is 4. The van der Waals surface area contributed by atoms with Crippen LogP contribution in [0.2, 0.25) is 5.02 Å². The molecule has 5 aromatic heterocycles. The number of rotatable bonds is 19. The highest BCUT2D eigenvalue weighted by molar-refractivity contribution is 7.17. The lowest BCUT2D eigenvalue weighted by Crippen LogP contribution is -2.47. The highest BCUT2D eigenvalue weighted by atomic mass is 35.5. The number of anilines is 4. The normalized spacial score (nSPS) is 15.3. The Morgan fingerprint density at radius 3 is 2.40 bits per heavy atom. The first-order valence-corrected chi connectivity index (χ1v) is 28.5. The number of methoxy groups -OCH3 is 1. The van der Waals surface area contributed by atoms with Crippen molar-refractivity contribution in [2.75, 3.05) is 68.5 Å². The molecule has 0 radical (unpaired) electrons. The van der Waals surface area contributed by atoms with E-state index in [1.807, 2.05) is 77.1 Å². The molecule has 8 bridgehead atoms. The van der Waals surface area contributed by atoms with Crippen LogP contribution in [0.4, 0.5) is 22.5 Å². The Morgan fingerprint density at radius 2 is 1.68 bits per heavy atom. The Bertz CT molecular complexity index is 3710. The fourth-order valence-corrected chi connectivity index (χ4v) is 11.8. The summed E-state index contributed by atoms with van der Waals surface area (Å²) in [6, 6.07) is 13.1. The lowest BCUT2D eigenvalue weighted by molar-refractivity contribution is -0.144. The Hall–Kier alpha value is -8.27. The predicted octanol–water partition coefficient (Wildman–Crippen LogP) is 10.4. The number of carbonyl (C=O) groups is 5. The number of hydrogen-bond donors (Lipinski definition) is 6. The number of aryl methyl sites for hydroxylation is 5. The van der Waals surface area contributed by atoms with Crippen molar-refractivity contribution in [2.24, 2.45) is 0 Å². The molecule has 0 unspecified atom stereocenters. The maximum Gasteiger partial charge on any atom is 0.341 e. The van der Waals surface area contributed by atoms with Crippen molar-refractivity contribution in [3.05, 3.63) is 127 Å². The number of ether oxygens (including phenoxy) is 2. The van der Waals surface area contributed by atoms with Crippen molar-refractivity contribution >= 4 is 114 Å². The summed E-state index contributed by atoms with van der Waals surface area (Å²) in [7, 11) is 1.23. The SMILES string of the molecule is C=Cc1c(C)c2cc3nc(c(C(=O)OC)c4nc(cc5[nH]c(cc1[nH]2)c(C)c5CC)C(C)=C4C(=O)O)[C@@H](CCC(=O)NCCCC(=O)OCCN1CCN(c2cc(Nc4ncc(C(=O)Nc5c(C)cccc5Cl)s4)nc(C)n2)CC1)[C@@H]3C. The van der Waals surface area contributed by atoms with E-state index in [1.54, 1.807) is 13.0 Å². The minimum absolute atomic E-state index is 0.0523. The number of halogens is 1. The van der Waals surface area contributed by atoms with Crippen LogP contribution in [0.5, 0.6) is 0 Å². The first-order chi connectivity index (χ1) is 39.3. The molecule has 6 aromatic rings. The molecule has 2 amide bonds. The van der Waals surface area contributed by atoms with Crippen LogP contribution in [0.15, 0.2) is 55.2 Å². The van der Waals surface area contributed by atoms with Gasteiger partial charge in [0.05, 0.1) is 46.7 Å². The molecule has 0 saturated carbocycles. The number of H-pyrrole nitrogens is 2. The number of aromatic nitrogens is 7. The molecule has 3 aliphatic rings. The van der Waals surface area contributed by atoms with Gasteiger partial charge >= 0.3 is 17.9 Å². The number of allylic oxidation sites excluding steroid dienone is 1. The van der Waals surface area contributed by atoms with Crippen LogP contribution in [0.3, 0.4) is 0 Å². The Balaban J connectivity index is 0.791. The molecule has 3 aliphatic heterocycles. The number of hydrogen-bond acceptors (Lipinski definition) is 16. The highest BCUT2D eigenvalue weighted by Crippen LogP contribution is 2.44. The number of carboxylic acids is 1. The molecule has 8 heterocycles. The van der Waals surface area contributed by atoms with Gasteiger partial charge in [-0.2, -0.15) is 0 Å². The number of nitrogens with one attached hydrogen (secondary N) is 5. The van der Waals surface area contributed by atoms with Crippen molar-refractivity contribution in [3.63, 3.8) is 0 Å². The third-order valence-corrected chi connectivity index (χ3v) is 16.6. The number of piperazine rings is 1. The minimum Gasteiger partial charge on any atom is -0.478 e. The number of benzene rings is 1. The molecular weight excluding hydrogens is 1080 g/mol. The summed E-state index contributed by atoms with van der Waals surface area (Å²) in [4.78, 5) is 102. The molecule has 0 spiro atoms. The van der Waals surface area contributed by atoms with Crippen LogP contribution in [-0.4, -0.2) is 128 Å². The summed E-state index contributed by atoms with van der Waals surface area (Å²) < 4.78 is 11.0. The van der Waals surface area contributed by atoms with E-state index >= 15 is 0 Å². The number of nitrogens with zero attached hydrogens (tertiary/aromatic N) is 7. The zero-order chi connectivity index (χ0) is 58.5. The van der Waals surface area contributed by atoms with Crippen molar-refractivity contribution in [2.45, 2.75) is 92.4 Å². The molecule has 22 heteroatoms. The van der Waals surface area contributed by atoms with E-state index in [0.29, 0.717) is 81.8 Å². The van der Waals surface area contributed by atoms with Gasteiger partial charge in [0.15, 0.2) is 5.13 Å². The van der Waals surface area contributed by atoms with Gasteiger partial charge in [-0.15, -0.1) is 0 Å². The van der Waals surface area contributed by atoms with E-state index in [0.717, 1.165) is 68.8 Å². The van der Waals surface area contributed by atoms with Gasteiger partial charge in [0, 0.05) is 103 Å².